The number of halogens is 4. The number of nitrogens with one attached hydrogen (secondary N) is 1. The lowest BCUT2D eigenvalue weighted by Crippen LogP contribution is -2.04. The van der Waals surface area contributed by atoms with Crippen LogP contribution in [-0.4, -0.2) is 16.4 Å². The zero-order valence-electron chi connectivity index (χ0n) is 9.74. The van der Waals surface area contributed by atoms with Gasteiger partial charge >= 0.3 is 12.1 Å². The summed E-state index contributed by atoms with van der Waals surface area (Å²) in [6.45, 7) is -0.397. The molecule has 0 saturated carbocycles. The van der Waals surface area contributed by atoms with E-state index < -0.39 is 24.5 Å². The Hall–Kier alpha value is -2.45. The van der Waals surface area contributed by atoms with Crippen molar-refractivity contribution in [2.75, 3.05) is 0 Å². The van der Waals surface area contributed by atoms with Crippen LogP contribution >= 0.6 is 0 Å². The van der Waals surface area contributed by atoms with Crippen LogP contribution < -0.4 is 4.74 Å². The van der Waals surface area contributed by atoms with Gasteiger partial charge in [-0.2, -0.15) is 13.2 Å². The molecule has 1 heterocycles. The molecule has 0 aliphatic heterocycles. The third-order valence-corrected chi connectivity index (χ3v) is 2.19. The molecule has 0 unspecified atom stereocenters. The summed E-state index contributed by atoms with van der Waals surface area (Å²) in [4.78, 5) is 0. The lowest BCUT2D eigenvalue weighted by molar-refractivity contribution is -0.157. The summed E-state index contributed by atoms with van der Waals surface area (Å²) in [6, 6.07) is 3.57. The Labute approximate surface area is 109 Å². The molecular formula is C11H7F4N3O2. The van der Waals surface area contributed by atoms with Gasteiger partial charge in [0.25, 0.3) is 5.89 Å². The monoisotopic (exact) mass is 289 g/mol. The average molecular weight is 289 g/mol. The Morgan fingerprint density at radius 3 is 2.65 bits per heavy atom. The van der Waals surface area contributed by atoms with Crippen molar-refractivity contribution < 1.29 is 26.7 Å². The Morgan fingerprint density at radius 2 is 2.05 bits per heavy atom. The minimum atomic E-state index is -4.71. The van der Waals surface area contributed by atoms with E-state index in [1.54, 1.807) is 0 Å². The lowest BCUT2D eigenvalue weighted by atomic mass is 10.2. The molecule has 5 nitrogen and oxygen atoms in total. The second-order valence-electron chi connectivity index (χ2n) is 3.62. The molecule has 0 fully saturated rings. The molecule has 1 aromatic heterocycles. The average Bonchev–Trinajstić information content (AvgIpc) is 2.86. The zero-order valence-corrected chi connectivity index (χ0v) is 9.74. The van der Waals surface area contributed by atoms with Gasteiger partial charge in [0.05, 0.1) is 0 Å². The number of benzene rings is 1. The quantitative estimate of drug-likeness (QED) is 0.694. The standard InChI is InChI=1S/C11H7F4N3O2/c12-8-2-1-7(3-6(8)4-16)19-5-9-17-18-10(20-9)11(13,14)15/h1-4,16H,5H2. The highest BCUT2D eigenvalue weighted by atomic mass is 19.4. The highest BCUT2D eigenvalue weighted by Gasteiger charge is 2.38. The van der Waals surface area contributed by atoms with E-state index in [4.69, 9.17) is 10.1 Å². The van der Waals surface area contributed by atoms with Crippen LogP contribution in [0.15, 0.2) is 22.6 Å². The van der Waals surface area contributed by atoms with Crippen LogP contribution in [0.3, 0.4) is 0 Å². The first-order chi connectivity index (χ1) is 9.40. The molecular weight excluding hydrogens is 282 g/mol. The topological polar surface area (TPSA) is 72.0 Å². The van der Waals surface area contributed by atoms with Gasteiger partial charge in [0.15, 0.2) is 6.61 Å². The number of hydrogen-bond acceptors (Lipinski definition) is 5. The van der Waals surface area contributed by atoms with E-state index in [1.807, 2.05) is 0 Å². The lowest BCUT2D eigenvalue weighted by Gasteiger charge is -2.04. The van der Waals surface area contributed by atoms with Crippen molar-refractivity contribution in [3.63, 3.8) is 0 Å². The molecule has 0 spiro atoms. The molecule has 0 radical (unpaired) electrons. The van der Waals surface area contributed by atoms with Crippen molar-refractivity contribution in [2.45, 2.75) is 12.8 Å². The van der Waals surface area contributed by atoms with Gasteiger partial charge in [-0.3, -0.25) is 0 Å². The Bertz CT molecular complexity index is 624. The highest BCUT2D eigenvalue weighted by Crippen LogP contribution is 2.27. The Morgan fingerprint density at radius 1 is 1.30 bits per heavy atom. The van der Waals surface area contributed by atoms with Crippen LogP contribution in [0.25, 0.3) is 0 Å². The maximum Gasteiger partial charge on any atom is 0.470 e. The van der Waals surface area contributed by atoms with Gasteiger partial charge in [-0.25, -0.2) is 4.39 Å². The second kappa shape index (κ2) is 5.27. The first-order valence-corrected chi connectivity index (χ1v) is 5.22. The van der Waals surface area contributed by atoms with Crippen molar-refractivity contribution in [1.82, 2.24) is 10.2 Å². The SMILES string of the molecule is N=Cc1cc(OCc2nnc(C(F)(F)F)o2)ccc1F. The van der Waals surface area contributed by atoms with Gasteiger partial charge in [-0.1, -0.05) is 0 Å². The van der Waals surface area contributed by atoms with Crippen LogP contribution in [0, 0.1) is 11.2 Å². The zero-order chi connectivity index (χ0) is 14.8. The molecule has 2 aromatic rings. The molecule has 1 aromatic carbocycles. The van der Waals surface area contributed by atoms with Crippen molar-refractivity contribution in [1.29, 1.82) is 5.41 Å². The van der Waals surface area contributed by atoms with Crippen LogP contribution in [0.5, 0.6) is 5.75 Å². The van der Waals surface area contributed by atoms with E-state index >= 15 is 0 Å². The maximum absolute atomic E-state index is 13.1. The predicted molar refractivity (Wildman–Crippen MR) is 57.9 cm³/mol. The fourth-order valence-electron chi connectivity index (χ4n) is 1.29. The largest absolute Gasteiger partial charge is 0.484 e. The van der Waals surface area contributed by atoms with E-state index in [9.17, 15) is 17.6 Å². The minimum Gasteiger partial charge on any atom is -0.484 e. The minimum absolute atomic E-state index is 0.0102. The summed E-state index contributed by atoms with van der Waals surface area (Å²) >= 11 is 0. The fraction of sp³-hybridized carbons (Fsp3) is 0.182. The Balaban J connectivity index is 2.05. The van der Waals surface area contributed by atoms with Gasteiger partial charge in [0, 0.05) is 11.8 Å². The molecule has 0 aliphatic carbocycles. The van der Waals surface area contributed by atoms with E-state index in [0.717, 1.165) is 12.3 Å². The smallest absolute Gasteiger partial charge is 0.470 e. The van der Waals surface area contributed by atoms with Gasteiger partial charge in [0.2, 0.25) is 0 Å². The molecule has 0 saturated heterocycles. The maximum atomic E-state index is 13.1. The molecule has 9 heteroatoms. The number of aromatic nitrogens is 2. The Kier molecular flexibility index (Phi) is 3.68. The van der Waals surface area contributed by atoms with Gasteiger partial charge in [0.1, 0.15) is 11.6 Å². The van der Waals surface area contributed by atoms with Gasteiger partial charge < -0.3 is 14.6 Å². The molecule has 106 valence electrons. The normalized spacial score (nSPS) is 11.4. The predicted octanol–water partition coefficient (Wildman–Crippen LogP) is 2.80. The molecule has 1 N–H and O–H groups in total. The summed E-state index contributed by atoms with van der Waals surface area (Å²) in [5.41, 5.74) is -0.0102. The summed E-state index contributed by atoms with van der Waals surface area (Å²) in [5, 5.41) is 13.0. The first-order valence-electron chi connectivity index (χ1n) is 5.22. The van der Waals surface area contributed by atoms with Gasteiger partial charge in [-0.05, 0) is 18.2 Å². The molecule has 0 aliphatic rings. The van der Waals surface area contributed by atoms with Crippen molar-refractivity contribution >= 4 is 6.21 Å². The summed E-state index contributed by atoms with van der Waals surface area (Å²) in [5.74, 6) is -2.27. The number of rotatable bonds is 4. The number of ether oxygens (including phenoxy) is 1. The van der Waals surface area contributed by atoms with Crippen molar-refractivity contribution in [3.8, 4) is 5.75 Å². The van der Waals surface area contributed by atoms with E-state index in [-0.39, 0.29) is 17.2 Å². The van der Waals surface area contributed by atoms with E-state index in [2.05, 4.69) is 14.6 Å². The van der Waals surface area contributed by atoms with Crippen LogP contribution in [0.4, 0.5) is 17.6 Å². The van der Waals surface area contributed by atoms with Crippen molar-refractivity contribution in [2.24, 2.45) is 0 Å². The summed E-state index contributed by atoms with van der Waals surface area (Å²) in [7, 11) is 0. The van der Waals surface area contributed by atoms with Crippen LogP contribution in [-0.2, 0) is 12.8 Å². The molecule has 0 atom stereocenters. The first kappa shape index (κ1) is 14.0. The fourth-order valence-corrected chi connectivity index (χ4v) is 1.29. The summed E-state index contributed by atoms with van der Waals surface area (Å²) < 4.78 is 59.1. The van der Waals surface area contributed by atoms with Crippen LogP contribution in [0.1, 0.15) is 17.3 Å². The number of hydrogen-bond donors (Lipinski definition) is 1. The van der Waals surface area contributed by atoms with Crippen molar-refractivity contribution in [3.05, 3.63) is 41.4 Å². The third-order valence-electron chi connectivity index (χ3n) is 2.19. The molecule has 0 bridgehead atoms. The summed E-state index contributed by atoms with van der Waals surface area (Å²) in [6.07, 6.45) is -3.93. The number of nitrogens with zero attached hydrogens (tertiary/aromatic N) is 2. The van der Waals surface area contributed by atoms with E-state index in [1.165, 1.54) is 12.1 Å². The third kappa shape index (κ3) is 3.11. The van der Waals surface area contributed by atoms with Crippen LogP contribution in [0.2, 0.25) is 0 Å². The molecule has 2 rings (SSSR count). The highest BCUT2D eigenvalue weighted by molar-refractivity contribution is 5.77. The van der Waals surface area contributed by atoms with Gasteiger partial charge in [-0.15, -0.1) is 10.2 Å². The second-order valence-corrected chi connectivity index (χ2v) is 3.62. The molecule has 0 amide bonds. The van der Waals surface area contributed by atoms with E-state index in [0.29, 0.717) is 0 Å². The molecule has 20 heavy (non-hydrogen) atoms. The number of alkyl halides is 3.